The zero-order chi connectivity index (χ0) is 16.1. The van der Waals surface area contributed by atoms with Gasteiger partial charge in [-0.3, -0.25) is 0 Å². The minimum Gasteiger partial charge on any atom is -0.478 e. The number of esters is 1. The summed E-state index contributed by atoms with van der Waals surface area (Å²) in [5.74, 6) is -1.05. The van der Waals surface area contributed by atoms with Gasteiger partial charge in [0.2, 0.25) is 0 Å². The van der Waals surface area contributed by atoms with Crippen LogP contribution in [0.3, 0.4) is 0 Å². The number of rotatable bonds is 3. The summed E-state index contributed by atoms with van der Waals surface area (Å²) >= 11 is 0. The van der Waals surface area contributed by atoms with Gasteiger partial charge in [-0.25, -0.2) is 9.59 Å². The minimum absolute atomic E-state index is 0.00105. The molecule has 1 aromatic carbocycles. The second-order valence-corrected chi connectivity index (χ2v) is 7.70. The van der Waals surface area contributed by atoms with E-state index in [4.69, 9.17) is 4.74 Å². The molecular weight excluding hydrogens is 280 g/mol. The first-order chi connectivity index (χ1) is 10.2. The molecule has 1 aromatic rings. The number of ether oxygens (including phenoxy) is 1. The molecule has 0 spiro atoms. The van der Waals surface area contributed by atoms with E-state index < -0.39 is 11.9 Å². The lowest BCUT2D eigenvalue weighted by Crippen LogP contribution is -2.37. The predicted octanol–water partition coefficient (Wildman–Crippen LogP) is 3.76. The van der Waals surface area contributed by atoms with E-state index in [9.17, 15) is 14.7 Å². The highest BCUT2D eigenvalue weighted by Gasteiger charge is 2.58. The lowest BCUT2D eigenvalue weighted by atomic mass is 9.71. The highest BCUT2D eigenvalue weighted by Crippen LogP contribution is 2.63. The lowest BCUT2D eigenvalue weighted by molar-refractivity contribution is -0.0222. The van der Waals surface area contributed by atoms with Gasteiger partial charge in [-0.15, -0.1) is 0 Å². The molecule has 0 radical (unpaired) electrons. The topological polar surface area (TPSA) is 63.6 Å². The molecule has 0 aliphatic heterocycles. The summed E-state index contributed by atoms with van der Waals surface area (Å²) < 4.78 is 5.72. The molecule has 3 atom stereocenters. The molecule has 1 N–H and O–H groups in total. The summed E-state index contributed by atoms with van der Waals surface area (Å²) in [4.78, 5) is 23.7. The van der Waals surface area contributed by atoms with Crippen molar-refractivity contribution < 1.29 is 19.4 Å². The molecule has 118 valence electrons. The van der Waals surface area contributed by atoms with Crippen LogP contribution in [0.2, 0.25) is 0 Å². The van der Waals surface area contributed by atoms with Gasteiger partial charge < -0.3 is 9.84 Å². The van der Waals surface area contributed by atoms with Crippen LogP contribution < -0.4 is 0 Å². The zero-order valence-corrected chi connectivity index (χ0v) is 13.3. The SMILES string of the molecule is CC1(C)C[C@@]2(C)C[C@H]1C[C@H]2OC(=O)c1ccccc1C(=O)O. The maximum atomic E-state index is 12.4. The zero-order valence-electron chi connectivity index (χ0n) is 13.3. The summed E-state index contributed by atoms with van der Waals surface area (Å²) in [7, 11) is 0. The number of fused-ring (bicyclic) bond motifs is 2. The molecule has 4 nitrogen and oxygen atoms in total. The maximum absolute atomic E-state index is 12.4. The van der Waals surface area contributed by atoms with Gasteiger partial charge in [0.1, 0.15) is 6.10 Å². The van der Waals surface area contributed by atoms with E-state index in [0.29, 0.717) is 11.3 Å². The van der Waals surface area contributed by atoms with E-state index in [2.05, 4.69) is 20.8 Å². The number of aromatic carboxylic acids is 1. The van der Waals surface area contributed by atoms with Crippen LogP contribution in [0.15, 0.2) is 24.3 Å². The first kappa shape index (κ1) is 15.1. The molecular formula is C18H22O4. The van der Waals surface area contributed by atoms with E-state index in [1.807, 2.05) is 0 Å². The highest BCUT2D eigenvalue weighted by molar-refractivity contribution is 6.02. The van der Waals surface area contributed by atoms with Crippen LogP contribution in [0, 0.1) is 16.7 Å². The van der Waals surface area contributed by atoms with Gasteiger partial charge in [0.25, 0.3) is 0 Å². The first-order valence-corrected chi connectivity index (χ1v) is 7.76. The Morgan fingerprint density at radius 2 is 1.82 bits per heavy atom. The quantitative estimate of drug-likeness (QED) is 0.864. The standard InChI is InChI=1S/C18H22O4/c1-17(2)10-18(3)9-11(17)8-14(18)22-16(21)13-7-5-4-6-12(13)15(19)20/h4-7,11,14H,8-10H2,1-3H3,(H,19,20)/t11-,14-,18-/m1/s1. The van der Waals surface area contributed by atoms with Gasteiger partial charge in [-0.2, -0.15) is 0 Å². The van der Waals surface area contributed by atoms with E-state index in [-0.39, 0.29) is 22.6 Å². The third kappa shape index (κ3) is 2.31. The van der Waals surface area contributed by atoms with Crippen LogP contribution >= 0.6 is 0 Å². The molecule has 2 saturated carbocycles. The Kier molecular flexibility index (Phi) is 3.31. The Labute approximate surface area is 130 Å². The normalized spacial score (nSPS) is 32.0. The Bertz CT molecular complexity index is 634. The first-order valence-electron chi connectivity index (χ1n) is 7.76. The van der Waals surface area contributed by atoms with Gasteiger partial charge >= 0.3 is 11.9 Å². The summed E-state index contributed by atoms with van der Waals surface area (Å²) in [6.07, 6.45) is 2.89. The van der Waals surface area contributed by atoms with Crippen LogP contribution in [0.1, 0.15) is 60.7 Å². The Balaban J connectivity index is 1.79. The van der Waals surface area contributed by atoms with E-state index in [1.165, 1.54) is 12.1 Å². The number of benzene rings is 1. The van der Waals surface area contributed by atoms with Crippen LogP contribution in [-0.2, 0) is 4.74 Å². The third-order valence-corrected chi connectivity index (χ3v) is 5.58. The molecule has 0 saturated heterocycles. The summed E-state index contributed by atoms with van der Waals surface area (Å²) in [5, 5.41) is 9.19. The van der Waals surface area contributed by atoms with Crippen LogP contribution in [0.5, 0.6) is 0 Å². The molecule has 0 amide bonds. The van der Waals surface area contributed by atoms with Crippen molar-refractivity contribution >= 4 is 11.9 Å². The van der Waals surface area contributed by atoms with E-state index in [0.717, 1.165) is 19.3 Å². The monoisotopic (exact) mass is 302 g/mol. The Morgan fingerprint density at radius 1 is 1.18 bits per heavy atom. The average Bonchev–Trinajstić information content (AvgIpc) is 2.86. The highest BCUT2D eigenvalue weighted by atomic mass is 16.5. The summed E-state index contributed by atoms with van der Waals surface area (Å²) in [6, 6.07) is 6.23. The van der Waals surface area contributed by atoms with Crippen molar-refractivity contribution in [3.63, 3.8) is 0 Å². The van der Waals surface area contributed by atoms with Crippen molar-refractivity contribution in [2.75, 3.05) is 0 Å². The second-order valence-electron chi connectivity index (χ2n) is 7.70. The number of carboxylic acid groups (broad SMARTS) is 1. The molecule has 2 aliphatic rings. The maximum Gasteiger partial charge on any atom is 0.339 e. The average molecular weight is 302 g/mol. The second kappa shape index (κ2) is 4.83. The van der Waals surface area contributed by atoms with E-state index in [1.54, 1.807) is 12.1 Å². The van der Waals surface area contributed by atoms with E-state index >= 15 is 0 Å². The van der Waals surface area contributed by atoms with Gasteiger partial charge in [0.05, 0.1) is 11.1 Å². The van der Waals surface area contributed by atoms with Crippen molar-refractivity contribution in [3.05, 3.63) is 35.4 Å². The van der Waals surface area contributed by atoms with Crippen molar-refractivity contribution in [2.24, 2.45) is 16.7 Å². The number of carbonyl (C=O) groups is 2. The van der Waals surface area contributed by atoms with Crippen molar-refractivity contribution in [3.8, 4) is 0 Å². The van der Waals surface area contributed by atoms with Gasteiger partial charge in [0.15, 0.2) is 0 Å². The molecule has 4 heteroatoms. The molecule has 2 aliphatic carbocycles. The number of carboxylic acids is 1. The third-order valence-electron chi connectivity index (χ3n) is 5.58. The number of hydrogen-bond acceptors (Lipinski definition) is 3. The number of hydrogen-bond donors (Lipinski definition) is 1. The van der Waals surface area contributed by atoms with Crippen molar-refractivity contribution in [1.82, 2.24) is 0 Å². The molecule has 2 bridgehead atoms. The summed E-state index contributed by atoms with van der Waals surface area (Å²) in [5.41, 5.74) is 0.459. The number of carbonyl (C=O) groups excluding carboxylic acids is 1. The fourth-order valence-electron chi connectivity index (χ4n) is 4.52. The smallest absolute Gasteiger partial charge is 0.339 e. The van der Waals surface area contributed by atoms with Crippen LogP contribution in [0.25, 0.3) is 0 Å². The summed E-state index contributed by atoms with van der Waals surface area (Å²) in [6.45, 7) is 6.74. The fourth-order valence-corrected chi connectivity index (χ4v) is 4.52. The Morgan fingerprint density at radius 3 is 2.32 bits per heavy atom. The minimum atomic E-state index is -1.10. The molecule has 0 aromatic heterocycles. The predicted molar refractivity (Wildman–Crippen MR) is 81.8 cm³/mol. The largest absolute Gasteiger partial charge is 0.478 e. The Hall–Kier alpha value is -1.84. The van der Waals surface area contributed by atoms with Crippen LogP contribution in [-0.4, -0.2) is 23.1 Å². The molecule has 3 rings (SSSR count). The fraction of sp³-hybridized carbons (Fsp3) is 0.556. The van der Waals surface area contributed by atoms with Crippen LogP contribution in [0.4, 0.5) is 0 Å². The van der Waals surface area contributed by atoms with Crippen molar-refractivity contribution in [1.29, 1.82) is 0 Å². The molecule has 0 unspecified atom stereocenters. The van der Waals surface area contributed by atoms with Gasteiger partial charge in [0, 0.05) is 5.41 Å². The van der Waals surface area contributed by atoms with Gasteiger partial charge in [-0.05, 0) is 42.7 Å². The molecule has 2 fully saturated rings. The molecule has 0 heterocycles. The van der Waals surface area contributed by atoms with Crippen molar-refractivity contribution in [2.45, 2.75) is 46.1 Å². The van der Waals surface area contributed by atoms with Gasteiger partial charge in [-0.1, -0.05) is 32.9 Å². The lowest BCUT2D eigenvalue weighted by Gasteiger charge is -2.38. The molecule has 22 heavy (non-hydrogen) atoms.